The van der Waals surface area contributed by atoms with E-state index < -0.39 is 11.9 Å². The number of aryl methyl sites for hydroxylation is 1. The first-order valence-electron chi connectivity index (χ1n) is 6.35. The summed E-state index contributed by atoms with van der Waals surface area (Å²) < 4.78 is 6.10. The summed E-state index contributed by atoms with van der Waals surface area (Å²) >= 11 is 3.36. The van der Waals surface area contributed by atoms with Crippen LogP contribution in [0.2, 0.25) is 0 Å². The molecule has 0 radical (unpaired) electrons. The molecule has 0 heterocycles. The smallest absolute Gasteiger partial charge is 0.321 e. The number of nitrogens with zero attached hydrogens (tertiary/aromatic N) is 1. The molecule has 21 heavy (non-hydrogen) atoms. The van der Waals surface area contributed by atoms with E-state index in [1.807, 2.05) is 13.0 Å². The van der Waals surface area contributed by atoms with Crippen LogP contribution in [0.1, 0.15) is 12.5 Å². The van der Waals surface area contributed by atoms with Crippen molar-refractivity contribution >= 4 is 33.6 Å². The van der Waals surface area contributed by atoms with Gasteiger partial charge in [0.1, 0.15) is 5.75 Å². The van der Waals surface area contributed by atoms with Crippen molar-refractivity contribution in [1.82, 2.24) is 4.90 Å². The number of carbonyl (C=O) groups excluding carboxylic acids is 1. The molecule has 0 aliphatic carbocycles. The molecular weight excluding hydrogens is 340 g/mol. The van der Waals surface area contributed by atoms with E-state index in [9.17, 15) is 9.59 Å². The zero-order valence-electron chi connectivity index (χ0n) is 12.4. The van der Waals surface area contributed by atoms with Gasteiger partial charge < -0.3 is 20.1 Å². The van der Waals surface area contributed by atoms with E-state index in [1.54, 1.807) is 20.0 Å². The average Bonchev–Trinajstić information content (AvgIpc) is 2.40. The van der Waals surface area contributed by atoms with Gasteiger partial charge in [-0.05, 0) is 24.6 Å². The molecule has 0 aromatic heterocycles. The number of hydrogen-bond acceptors (Lipinski definition) is 3. The number of hydrogen-bond donors (Lipinski definition) is 2. The van der Waals surface area contributed by atoms with Crippen molar-refractivity contribution in [3.05, 3.63) is 22.2 Å². The van der Waals surface area contributed by atoms with Gasteiger partial charge in [-0.2, -0.15) is 0 Å². The second-order valence-corrected chi connectivity index (χ2v) is 5.77. The molecule has 6 nitrogen and oxygen atoms in total. The lowest BCUT2D eigenvalue weighted by Crippen LogP contribution is -2.36. The van der Waals surface area contributed by atoms with Gasteiger partial charge in [0.15, 0.2) is 0 Å². The van der Waals surface area contributed by atoms with E-state index in [1.165, 1.54) is 12.0 Å². The zero-order valence-corrected chi connectivity index (χ0v) is 14.0. The van der Waals surface area contributed by atoms with Gasteiger partial charge in [-0.15, -0.1) is 0 Å². The Morgan fingerprint density at radius 3 is 2.62 bits per heavy atom. The summed E-state index contributed by atoms with van der Waals surface area (Å²) in [7, 11) is 3.07. The lowest BCUT2D eigenvalue weighted by Gasteiger charge is -2.21. The third-order valence-electron chi connectivity index (χ3n) is 3.03. The van der Waals surface area contributed by atoms with Gasteiger partial charge in [0.2, 0.25) is 0 Å². The lowest BCUT2D eigenvalue weighted by atomic mass is 10.1. The Balaban J connectivity index is 2.86. The Hall–Kier alpha value is -1.76. The number of methoxy groups -OCH3 is 1. The van der Waals surface area contributed by atoms with Crippen molar-refractivity contribution in [3.8, 4) is 5.75 Å². The SMILES string of the molecule is COc1cc(Br)cc(C)c1NC(=O)N(C)CC(C)C(=O)O. The van der Waals surface area contributed by atoms with E-state index in [-0.39, 0.29) is 12.6 Å². The highest BCUT2D eigenvalue weighted by atomic mass is 79.9. The maximum atomic E-state index is 12.1. The third kappa shape index (κ3) is 4.63. The van der Waals surface area contributed by atoms with Crippen LogP contribution in [-0.4, -0.2) is 42.7 Å². The van der Waals surface area contributed by atoms with Crippen LogP contribution in [0.5, 0.6) is 5.75 Å². The largest absolute Gasteiger partial charge is 0.495 e. The average molecular weight is 359 g/mol. The second kappa shape index (κ2) is 7.31. The maximum Gasteiger partial charge on any atom is 0.321 e. The number of nitrogens with one attached hydrogen (secondary N) is 1. The Labute approximate surface area is 132 Å². The van der Waals surface area contributed by atoms with Gasteiger partial charge in [-0.3, -0.25) is 4.79 Å². The minimum absolute atomic E-state index is 0.124. The second-order valence-electron chi connectivity index (χ2n) is 4.85. The standard InChI is InChI=1S/C14H19BrN2O4/c1-8-5-10(15)6-11(21-4)12(8)16-14(20)17(3)7-9(2)13(18)19/h5-6,9H,7H2,1-4H3,(H,16,20)(H,18,19). The number of urea groups is 1. The summed E-state index contributed by atoms with van der Waals surface area (Å²) in [4.78, 5) is 24.3. The van der Waals surface area contributed by atoms with Crippen molar-refractivity contribution in [2.75, 3.05) is 26.0 Å². The van der Waals surface area contributed by atoms with E-state index in [2.05, 4.69) is 21.2 Å². The predicted octanol–water partition coefficient (Wildman–Crippen LogP) is 2.95. The van der Waals surface area contributed by atoms with Gasteiger partial charge in [0, 0.05) is 18.1 Å². The Morgan fingerprint density at radius 2 is 2.10 bits per heavy atom. The number of halogens is 1. The first kappa shape index (κ1) is 17.3. The van der Waals surface area contributed by atoms with Crippen molar-refractivity contribution in [3.63, 3.8) is 0 Å². The highest BCUT2D eigenvalue weighted by molar-refractivity contribution is 9.10. The molecule has 0 saturated heterocycles. The van der Waals surface area contributed by atoms with Crippen LogP contribution in [0.15, 0.2) is 16.6 Å². The fraction of sp³-hybridized carbons (Fsp3) is 0.429. The quantitative estimate of drug-likeness (QED) is 0.847. The van der Waals surface area contributed by atoms with Crippen LogP contribution in [0.4, 0.5) is 10.5 Å². The molecule has 1 unspecified atom stereocenters. The summed E-state index contributed by atoms with van der Waals surface area (Å²) in [5, 5.41) is 11.6. The number of aliphatic carboxylic acids is 1. The van der Waals surface area contributed by atoms with E-state index in [0.29, 0.717) is 11.4 Å². The number of carboxylic acids is 1. The van der Waals surface area contributed by atoms with Crippen LogP contribution in [0.25, 0.3) is 0 Å². The summed E-state index contributed by atoms with van der Waals surface area (Å²) in [5.41, 5.74) is 1.41. The molecule has 7 heteroatoms. The molecule has 1 rings (SSSR count). The topological polar surface area (TPSA) is 78.9 Å². The van der Waals surface area contributed by atoms with Gasteiger partial charge >= 0.3 is 12.0 Å². The zero-order chi connectivity index (χ0) is 16.2. The molecule has 116 valence electrons. The molecule has 2 amide bonds. The van der Waals surface area contributed by atoms with E-state index >= 15 is 0 Å². The van der Waals surface area contributed by atoms with E-state index in [0.717, 1.165) is 10.0 Å². The van der Waals surface area contributed by atoms with Crippen molar-refractivity contribution < 1.29 is 19.4 Å². The number of ether oxygens (including phenoxy) is 1. The van der Waals surface area contributed by atoms with Gasteiger partial charge in [-0.1, -0.05) is 22.9 Å². The first-order chi connectivity index (χ1) is 9.76. The summed E-state index contributed by atoms with van der Waals surface area (Å²) in [5.74, 6) is -1.03. The molecule has 0 aliphatic rings. The Morgan fingerprint density at radius 1 is 1.48 bits per heavy atom. The fourth-order valence-electron chi connectivity index (χ4n) is 1.81. The normalized spacial score (nSPS) is 11.7. The minimum atomic E-state index is -0.938. The molecule has 0 bridgehead atoms. The molecular formula is C14H19BrN2O4. The lowest BCUT2D eigenvalue weighted by molar-refractivity contribution is -0.141. The van der Waals surface area contributed by atoms with Crippen LogP contribution in [-0.2, 0) is 4.79 Å². The highest BCUT2D eigenvalue weighted by Crippen LogP contribution is 2.32. The van der Waals surface area contributed by atoms with Gasteiger partial charge in [0.05, 0.1) is 18.7 Å². The van der Waals surface area contributed by atoms with Crippen LogP contribution < -0.4 is 10.1 Å². The number of carbonyl (C=O) groups is 2. The van der Waals surface area contributed by atoms with Crippen molar-refractivity contribution in [2.24, 2.45) is 5.92 Å². The number of rotatable bonds is 5. The van der Waals surface area contributed by atoms with Crippen molar-refractivity contribution in [1.29, 1.82) is 0 Å². The molecule has 0 spiro atoms. The number of anilines is 1. The summed E-state index contributed by atoms with van der Waals surface area (Å²) in [6.45, 7) is 3.53. The van der Waals surface area contributed by atoms with Gasteiger partial charge in [-0.25, -0.2) is 4.79 Å². The predicted molar refractivity (Wildman–Crippen MR) is 83.9 cm³/mol. The molecule has 0 aliphatic heterocycles. The number of amides is 2. The highest BCUT2D eigenvalue weighted by Gasteiger charge is 2.19. The van der Waals surface area contributed by atoms with E-state index in [4.69, 9.17) is 9.84 Å². The Kier molecular flexibility index (Phi) is 6.02. The van der Waals surface area contributed by atoms with Gasteiger partial charge in [0.25, 0.3) is 0 Å². The fourth-order valence-corrected chi connectivity index (χ4v) is 2.36. The van der Waals surface area contributed by atoms with Crippen LogP contribution >= 0.6 is 15.9 Å². The first-order valence-corrected chi connectivity index (χ1v) is 7.14. The maximum absolute atomic E-state index is 12.1. The minimum Gasteiger partial charge on any atom is -0.495 e. The van der Waals surface area contributed by atoms with Crippen LogP contribution in [0, 0.1) is 12.8 Å². The monoisotopic (exact) mass is 358 g/mol. The van der Waals surface area contributed by atoms with Crippen LogP contribution in [0.3, 0.4) is 0 Å². The number of carboxylic acid groups (broad SMARTS) is 1. The molecule has 1 atom stereocenters. The molecule has 0 fully saturated rings. The van der Waals surface area contributed by atoms with Crippen molar-refractivity contribution in [2.45, 2.75) is 13.8 Å². The summed E-state index contributed by atoms with van der Waals surface area (Å²) in [6.07, 6.45) is 0. The molecule has 2 N–H and O–H groups in total. The third-order valence-corrected chi connectivity index (χ3v) is 3.49. The Bertz CT molecular complexity index is 548. The molecule has 1 aromatic rings. The number of benzene rings is 1. The molecule has 1 aromatic carbocycles. The summed E-state index contributed by atoms with van der Waals surface area (Å²) in [6, 6.07) is 3.23. The molecule has 0 saturated carbocycles.